The van der Waals surface area contributed by atoms with Crippen molar-refractivity contribution in [3.05, 3.63) is 52.4 Å². The number of aryl methyl sites for hydroxylation is 1. The highest BCUT2D eigenvalue weighted by molar-refractivity contribution is 7.17. The fraction of sp³-hybridized carbons (Fsp3) is 0.267. The van der Waals surface area contributed by atoms with Crippen LogP contribution in [0.25, 0.3) is 10.1 Å². The zero-order valence-corrected chi connectivity index (χ0v) is 11.9. The zero-order chi connectivity index (χ0) is 12.8. The first-order valence-electron chi connectivity index (χ1n) is 6.50. The highest BCUT2D eigenvalue weighted by Crippen LogP contribution is 2.38. The number of hydrogen-bond acceptors (Lipinski definition) is 2. The van der Waals surface area contributed by atoms with Crippen LogP contribution in [0.4, 0.5) is 0 Å². The van der Waals surface area contributed by atoms with Crippen molar-refractivity contribution in [2.75, 3.05) is 0 Å². The van der Waals surface area contributed by atoms with Gasteiger partial charge in [0, 0.05) is 21.6 Å². The highest BCUT2D eigenvalue weighted by Gasteiger charge is 2.23. The molecule has 19 heavy (non-hydrogen) atoms. The summed E-state index contributed by atoms with van der Waals surface area (Å²) in [5, 5.41) is 4.39. The summed E-state index contributed by atoms with van der Waals surface area (Å²) < 4.78 is 3.64. The molecule has 4 heteroatoms. The van der Waals surface area contributed by atoms with Crippen molar-refractivity contribution in [1.29, 1.82) is 0 Å². The molecule has 1 atom stereocenters. The first-order valence-corrected chi connectivity index (χ1v) is 7.76. The summed E-state index contributed by atoms with van der Waals surface area (Å²) in [6, 6.07) is 6.59. The van der Waals surface area contributed by atoms with E-state index < -0.39 is 0 Å². The van der Waals surface area contributed by atoms with E-state index in [0.717, 1.165) is 11.4 Å². The fourth-order valence-electron chi connectivity index (χ4n) is 3.01. The Labute approximate surface area is 120 Å². The molecule has 0 radical (unpaired) electrons. The van der Waals surface area contributed by atoms with Crippen LogP contribution >= 0.6 is 22.9 Å². The molecule has 4 rings (SSSR count). The first kappa shape index (κ1) is 11.5. The van der Waals surface area contributed by atoms with Crippen LogP contribution in [-0.2, 0) is 6.42 Å². The first-order chi connectivity index (χ1) is 9.33. The number of benzene rings is 1. The van der Waals surface area contributed by atoms with Gasteiger partial charge in [-0.1, -0.05) is 11.6 Å². The van der Waals surface area contributed by atoms with Gasteiger partial charge in [-0.25, -0.2) is 4.98 Å². The van der Waals surface area contributed by atoms with Gasteiger partial charge in [0.1, 0.15) is 0 Å². The Bertz CT molecular complexity index is 744. The number of halogens is 1. The van der Waals surface area contributed by atoms with Gasteiger partial charge < -0.3 is 4.57 Å². The Hall–Kier alpha value is -1.32. The number of imidazole rings is 1. The molecule has 2 aromatic heterocycles. The van der Waals surface area contributed by atoms with E-state index in [1.807, 2.05) is 18.6 Å². The maximum atomic E-state index is 6.15. The molecule has 3 aromatic rings. The van der Waals surface area contributed by atoms with E-state index in [4.69, 9.17) is 11.6 Å². The normalized spacial score (nSPS) is 18.7. The van der Waals surface area contributed by atoms with Crippen molar-refractivity contribution in [3.63, 3.8) is 0 Å². The topological polar surface area (TPSA) is 17.8 Å². The van der Waals surface area contributed by atoms with Crippen molar-refractivity contribution >= 4 is 33.0 Å². The van der Waals surface area contributed by atoms with Crippen LogP contribution in [0.2, 0.25) is 5.02 Å². The summed E-state index contributed by atoms with van der Waals surface area (Å²) in [5.74, 6) is 0. The van der Waals surface area contributed by atoms with Gasteiger partial charge in [0.2, 0.25) is 0 Å². The van der Waals surface area contributed by atoms with Gasteiger partial charge in [0.05, 0.1) is 12.4 Å². The quantitative estimate of drug-likeness (QED) is 0.636. The van der Waals surface area contributed by atoms with Gasteiger partial charge in [0.25, 0.3) is 0 Å². The minimum Gasteiger partial charge on any atom is -0.327 e. The summed E-state index contributed by atoms with van der Waals surface area (Å²) in [6.45, 7) is 0. The average molecular weight is 289 g/mol. The highest BCUT2D eigenvalue weighted by atomic mass is 35.5. The predicted octanol–water partition coefficient (Wildman–Crippen LogP) is 4.68. The molecule has 0 saturated carbocycles. The standard InChI is InChI=1S/C15H13ClN2S/c16-10-4-5-15-12(6-10)13(8-19-15)14-3-1-2-11-7-17-9-18(11)14/h4-9,14H,1-3H2. The summed E-state index contributed by atoms with van der Waals surface area (Å²) >= 11 is 7.95. The minimum atomic E-state index is 0.415. The lowest BCUT2D eigenvalue weighted by molar-refractivity contribution is 0.461. The molecule has 96 valence electrons. The SMILES string of the molecule is Clc1ccc2scc(C3CCCc4cncn43)c2c1. The van der Waals surface area contributed by atoms with E-state index in [2.05, 4.69) is 27.1 Å². The molecule has 2 nitrogen and oxygen atoms in total. The van der Waals surface area contributed by atoms with Gasteiger partial charge in [0.15, 0.2) is 0 Å². The molecule has 1 unspecified atom stereocenters. The Morgan fingerprint density at radius 2 is 2.32 bits per heavy atom. The molecular formula is C15H13ClN2S. The van der Waals surface area contributed by atoms with Crippen molar-refractivity contribution in [2.45, 2.75) is 25.3 Å². The van der Waals surface area contributed by atoms with E-state index in [1.165, 1.54) is 34.2 Å². The average Bonchev–Trinajstić information content (AvgIpc) is 3.03. The van der Waals surface area contributed by atoms with Crippen molar-refractivity contribution in [1.82, 2.24) is 9.55 Å². The van der Waals surface area contributed by atoms with Crippen LogP contribution in [0.5, 0.6) is 0 Å². The third kappa shape index (κ3) is 1.80. The van der Waals surface area contributed by atoms with Crippen LogP contribution in [0, 0.1) is 0 Å². The molecule has 0 amide bonds. The van der Waals surface area contributed by atoms with Gasteiger partial charge in [-0.2, -0.15) is 0 Å². The summed E-state index contributed by atoms with van der Waals surface area (Å²) in [7, 11) is 0. The monoisotopic (exact) mass is 288 g/mol. The lowest BCUT2D eigenvalue weighted by atomic mass is 9.96. The lowest BCUT2D eigenvalue weighted by Crippen LogP contribution is -2.17. The molecule has 0 saturated heterocycles. The summed E-state index contributed by atoms with van der Waals surface area (Å²) in [4.78, 5) is 4.30. The molecule has 1 aliphatic heterocycles. The van der Waals surface area contributed by atoms with E-state index >= 15 is 0 Å². The molecule has 0 N–H and O–H groups in total. The maximum absolute atomic E-state index is 6.15. The lowest BCUT2D eigenvalue weighted by Gasteiger charge is -2.25. The van der Waals surface area contributed by atoms with Crippen LogP contribution in [0.1, 0.15) is 30.1 Å². The second kappa shape index (κ2) is 4.36. The van der Waals surface area contributed by atoms with E-state index in [9.17, 15) is 0 Å². The second-order valence-corrected chi connectivity index (χ2v) is 6.38. The van der Waals surface area contributed by atoms with Crippen LogP contribution in [0.3, 0.4) is 0 Å². The molecule has 0 aliphatic carbocycles. The third-order valence-corrected chi connectivity index (χ3v) is 5.13. The molecule has 0 bridgehead atoms. The van der Waals surface area contributed by atoms with Crippen molar-refractivity contribution < 1.29 is 0 Å². The molecule has 1 aliphatic rings. The number of aromatic nitrogens is 2. The number of fused-ring (bicyclic) bond motifs is 2. The van der Waals surface area contributed by atoms with E-state index in [1.54, 1.807) is 11.3 Å². The van der Waals surface area contributed by atoms with Crippen LogP contribution in [0.15, 0.2) is 36.1 Å². The number of hydrogen-bond donors (Lipinski definition) is 0. The Balaban J connectivity index is 1.90. The van der Waals surface area contributed by atoms with E-state index in [-0.39, 0.29) is 0 Å². The maximum Gasteiger partial charge on any atom is 0.0953 e. The second-order valence-electron chi connectivity index (χ2n) is 5.03. The van der Waals surface area contributed by atoms with Crippen molar-refractivity contribution in [2.24, 2.45) is 0 Å². The van der Waals surface area contributed by atoms with Gasteiger partial charge in [-0.05, 0) is 53.8 Å². The molecule has 0 fully saturated rings. The smallest absolute Gasteiger partial charge is 0.0953 e. The zero-order valence-electron chi connectivity index (χ0n) is 10.3. The number of rotatable bonds is 1. The number of nitrogens with zero attached hydrogens (tertiary/aromatic N) is 2. The molecule has 3 heterocycles. The number of thiophene rings is 1. The fourth-order valence-corrected chi connectivity index (χ4v) is 4.17. The van der Waals surface area contributed by atoms with Crippen LogP contribution in [-0.4, -0.2) is 9.55 Å². The van der Waals surface area contributed by atoms with Gasteiger partial charge >= 0.3 is 0 Å². The van der Waals surface area contributed by atoms with Gasteiger partial charge in [-0.3, -0.25) is 0 Å². The van der Waals surface area contributed by atoms with E-state index in [0.29, 0.717) is 6.04 Å². The van der Waals surface area contributed by atoms with Gasteiger partial charge in [-0.15, -0.1) is 11.3 Å². The largest absolute Gasteiger partial charge is 0.327 e. The van der Waals surface area contributed by atoms with Crippen LogP contribution < -0.4 is 0 Å². The molecule has 0 spiro atoms. The third-order valence-electron chi connectivity index (χ3n) is 3.92. The van der Waals surface area contributed by atoms with Crippen molar-refractivity contribution in [3.8, 4) is 0 Å². The Kier molecular flexibility index (Phi) is 2.64. The summed E-state index contributed by atoms with van der Waals surface area (Å²) in [5.41, 5.74) is 2.74. The molecule has 1 aromatic carbocycles. The summed E-state index contributed by atoms with van der Waals surface area (Å²) in [6.07, 6.45) is 7.51. The Morgan fingerprint density at radius 1 is 1.37 bits per heavy atom. The molecular weight excluding hydrogens is 276 g/mol. The predicted molar refractivity (Wildman–Crippen MR) is 80.1 cm³/mol. The minimum absolute atomic E-state index is 0.415. The Morgan fingerprint density at radius 3 is 3.26 bits per heavy atom.